The Bertz CT molecular complexity index is 220. The molecule has 0 radical (unpaired) electrons. The van der Waals surface area contributed by atoms with Gasteiger partial charge in [0.1, 0.15) is 0 Å². The van der Waals surface area contributed by atoms with Crippen molar-refractivity contribution in [3.8, 4) is 0 Å². The molecule has 1 heterocycles. The Morgan fingerprint density at radius 1 is 1.60 bits per heavy atom. The standard InChI is InChI=1S/C11H21NO3/c1-8(4-5-11(13)14)12-6-10(3)15-7-9(12)2/h8-10H,4-7H2,1-3H3,(H,13,14). The topological polar surface area (TPSA) is 49.8 Å². The highest BCUT2D eigenvalue weighted by atomic mass is 16.5. The summed E-state index contributed by atoms with van der Waals surface area (Å²) in [6.45, 7) is 7.93. The Hall–Kier alpha value is -0.610. The normalized spacial score (nSPS) is 30.1. The molecule has 3 atom stereocenters. The summed E-state index contributed by atoms with van der Waals surface area (Å²) in [6, 6.07) is 0.715. The minimum absolute atomic E-state index is 0.250. The van der Waals surface area contributed by atoms with Crippen LogP contribution in [0.15, 0.2) is 0 Å². The molecule has 1 aliphatic rings. The van der Waals surface area contributed by atoms with E-state index in [1.807, 2.05) is 0 Å². The van der Waals surface area contributed by atoms with Gasteiger partial charge in [0.15, 0.2) is 0 Å². The first-order valence-electron chi connectivity index (χ1n) is 5.60. The van der Waals surface area contributed by atoms with Gasteiger partial charge in [0, 0.05) is 25.0 Å². The first kappa shape index (κ1) is 12.5. The average Bonchev–Trinajstić information content (AvgIpc) is 2.18. The average molecular weight is 215 g/mol. The van der Waals surface area contributed by atoms with Gasteiger partial charge < -0.3 is 9.84 Å². The highest BCUT2D eigenvalue weighted by molar-refractivity contribution is 5.66. The number of hydrogen-bond acceptors (Lipinski definition) is 3. The zero-order valence-electron chi connectivity index (χ0n) is 9.77. The molecule has 0 spiro atoms. The van der Waals surface area contributed by atoms with Crippen LogP contribution in [0.3, 0.4) is 0 Å². The van der Waals surface area contributed by atoms with E-state index in [1.54, 1.807) is 0 Å². The minimum Gasteiger partial charge on any atom is -0.481 e. The smallest absolute Gasteiger partial charge is 0.303 e. The molecular weight excluding hydrogens is 194 g/mol. The number of hydrogen-bond donors (Lipinski definition) is 1. The molecule has 3 unspecified atom stereocenters. The van der Waals surface area contributed by atoms with Crippen molar-refractivity contribution >= 4 is 5.97 Å². The summed E-state index contributed by atoms with van der Waals surface area (Å²) in [5, 5.41) is 8.64. The summed E-state index contributed by atoms with van der Waals surface area (Å²) in [7, 11) is 0. The van der Waals surface area contributed by atoms with E-state index in [1.165, 1.54) is 0 Å². The Morgan fingerprint density at radius 2 is 2.27 bits per heavy atom. The quantitative estimate of drug-likeness (QED) is 0.769. The van der Waals surface area contributed by atoms with Crippen LogP contribution in [-0.4, -0.2) is 47.3 Å². The third kappa shape index (κ3) is 3.80. The number of aliphatic carboxylic acids is 1. The van der Waals surface area contributed by atoms with Gasteiger partial charge in [-0.2, -0.15) is 0 Å². The van der Waals surface area contributed by atoms with Gasteiger partial charge in [-0.15, -0.1) is 0 Å². The van der Waals surface area contributed by atoms with Crippen molar-refractivity contribution in [2.45, 2.75) is 51.8 Å². The van der Waals surface area contributed by atoms with Crippen LogP contribution in [0.4, 0.5) is 0 Å². The molecule has 1 saturated heterocycles. The van der Waals surface area contributed by atoms with Crippen LogP contribution in [0.5, 0.6) is 0 Å². The number of morpholine rings is 1. The van der Waals surface area contributed by atoms with Crippen LogP contribution in [0.2, 0.25) is 0 Å². The summed E-state index contributed by atoms with van der Waals surface area (Å²) < 4.78 is 5.54. The van der Waals surface area contributed by atoms with Crippen LogP contribution in [0.25, 0.3) is 0 Å². The molecule has 0 saturated carbocycles. The van der Waals surface area contributed by atoms with Crippen LogP contribution in [-0.2, 0) is 9.53 Å². The second kappa shape index (κ2) is 5.47. The van der Waals surface area contributed by atoms with Crippen molar-refractivity contribution in [2.75, 3.05) is 13.2 Å². The minimum atomic E-state index is -0.712. The van der Waals surface area contributed by atoms with Gasteiger partial charge in [-0.1, -0.05) is 0 Å². The predicted octanol–water partition coefficient (Wildman–Crippen LogP) is 1.35. The fourth-order valence-electron chi connectivity index (χ4n) is 2.04. The van der Waals surface area contributed by atoms with Crippen molar-refractivity contribution in [1.29, 1.82) is 0 Å². The second-order valence-corrected chi connectivity index (χ2v) is 4.47. The summed E-state index contributed by atoms with van der Waals surface area (Å²) in [4.78, 5) is 12.8. The molecule has 0 aliphatic carbocycles. The van der Waals surface area contributed by atoms with E-state index in [0.29, 0.717) is 18.5 Å². The SMILES string of the molecule is CC1CN(C(C)CCC(=O)O)C(C)CO1. The maximum atomic E-state index is 10.5. The van der Waals surface area contributed by atoms with Gasteiger partial charge >= 0.3 is 5.97 Å². The van der Waals surface area contributed by atoms with Crippen molar-refractivity contribution in [3.05, 3.63) is 0 Å². The van der Waals surface area contributed by atoms with Crippen molar-refractivity contribution < 1.29 is 14.6 Å². The first-order chi connectivity index (χ1) is 7.00. The van der Waals surface area contributed by atoms with E-state index in [0.717, 1.165) is 13.2 Å². The number of carboxylic acid groups (broad SMARTS) is 1. The maximum absolute atomic E-state index is 10.5. The molecule has 0 aromatic carbocycles. The zero-order valence-corrected chi connectivity index (χ0v) is 9.77. The molecule has 4 nitrogen and oxygen atoms in total. The number of rotatable bonds is 4. The fourth-order valence-corrected chi connectivity index (χ4v) is 2.04. The fraction of sp³-hybridized carbons (Fsp3) is 0.909. The number of carboxylic acids is 1. The Labute approximate surface area is 91.2 Å². The molecule has 88 valence electrons. The van der Waals surface area contributed by atoms with Crippen molar-refractivity contribution in [3.63, 3.8) is 0 Å². The molecular formula is C11H21NO3. The van der Waals surface area contributed by atoms with Crippen LogP contribution >= 0.6 is 0 Å². The van der Waals surface area contributed by atoms with Crippen molar-refractivity contribution in [2.24, 2.45) is 0 Å². The lowest BCUT2D eigenvalue weighted by molar-refractivity contribution is -0.137. The zero-order chi connectivity index (χ0) is 11.4. The number of carbonyl (C=O) groups is 1. The third-order valence-electron chi connectivity index (χ3n) is 3.00. The molecule has 0 bridgehead atoms. The third-order valence-corrected chi connectivity index (χ3v) is 3.00. The Kier molecular flexibility index (Phi) is 4.54. The molecule has 1 fully saturated rings. The van der Waals surface area contributed by atoms with Gasteiger partial charge in [0.2, 0.25) is 0 Å². The summed E-state index contributed by atoms with van der Waals surface area (Å²) in [5.74, 6) is -0.712. The lowest BCUT2D eigenvalue weighted by atomic mass is 10.1. The molecule has 0 aromatic heterocycles. The lowest BCUT2D eigenvalue weighted by Gasteiger charge is -2.40. The van der Waals surface area contributed by atoms with E-state index >= 15 is 0 Å². The molecule has 0 amide bonds. The lowest BCUT2D eigenvalue weighted by Crippen LogP contribution is -2.51. The maximum Gasteiger partial charge on any atom is 0.303 e. The molecule has 1 aliphatic heterocycles. The van der Waals surface area contributed by atoms with Gasteiger partial charge in [-0.3, -0.25) is 9.69 Å². The van der Waals surface area contributed by atoms with Crippen LogP contribution in [0.1, 0.15) is 33.6 Å². The summed E-state index contributed by atoms with van der Waals surface area (Å²) in [5.41, 5.74) is 0. The highest BCUT2D eigenvalue weighted by Crippen LogP contribution is 2.17. The second-order valence-electron chi connectivity index (χ2n) is 4.47. The van der Waals surface area contributed by atoms with Crippen LogP contribution < -0.4 is 0 Å². The Morgan fingerprint density at radius 3 is 2.87 bits per heavy atom. The van der Waals surface area contributed by atoms with E-state index in [2.05, 4.69) is 25.7 Å². The molecule has 1 N–H and O–H groups in total. The van der Waals surface area contributed by atoms with E-state index in [9.17, 15) is 4.79 Å². The van der Waals surface area contributed by atoms with Gasteiger partial charge in [-0.25, -0.2) is 0 Å². The molecule has 4 heteroatoms. The van der Waals surface area contributed by atoms with Gasteiger partial charge in [0.05, 0.1) is 12.7 Å². The largest absolute Gasteiger partial charge is 0.481 e. The number of ether oxygens (including phenoxy) is 1. The van der Waals surface area contributed by atoms with Gasteiger partial charge in [-0.05, 0) is 27.2 Å². The summed E-state index contributed by atoms with van der Waals surface area (Å²) in [6.07, 6.45) is 1.22. The molecule has 0 aromatic rings. The number of nitrogens with zero attached hydrogens (tertiary/aromatic N) is 1. The molecule has 15 heavy (non-hydrogen) atoms. The first-order valence-corrected chi connectivity index (χ1v) is 5.60. The van der Waals surface area contributed by atoms with Crippen molar-refractivity contribution in [1.82, 2.24) is 4.90 Å². The monoisotopic (exact) mass is 215 g/mol. The Balaban J connectivity index is 2.41. The predicted molar refractivity (Wildman–Crippen MR) is 57.9 cm³/mol. The van der Waals surface area contributed by atoms with Gasteiger partial charge in [0.25, 0.3) is 0 Å². The van der Waals surface area contributed by atoms with E-state index < -0.39 is 5.97 Å². The summed E-state index contributed by atoms with van der Waals surface area (Å²) >= 11 is 0. The highest BCUT2D eigenvalue weighted by Gasteiger charge is 2.27. The molecule has 1 rings (SSSR count). The van der Waals surface area contributed by atoms with E-state index in [-0.39, 0.29) is 12.5 Å². The van der Waals surface area contributed by atoms with Crippen LogP contribution in [0, 0.1) is 0 Å². The van der Waals surface area contributed by atoms with E-state index in [4.69, 9.17) is 9.84 Å².